The number of methoxy groups -OCH3 is 1. The van der Waals surface area contributed by atoms with Crippen LogP contribution in [-0.2, 0) is 11.2 Å². The predicted octanol–water partition coefficient (Wildman–Crippen LogP) is 3.90. The van der Waals surface area contributed by atoms with Gasteiger partial charge in [0.05, 0.1) is 12.0 Å². The lowest BCUT2D eigenvalue weighted by molar-refractivity contribution is -0.121. The smallest absolute Gasteiger partial charge is 0.267 e. The van der Waals surface area contributed by atoms with Gasteiger partial charge in [0.25, 0.3) is 5.91 Å². The average molecular weight is 387 g/mol. The molecule has 1 amide bonds. The number of aliphatic imine (C=N–C) groups is 1. The van der Waals surface area contributed by atoms with Crippen molar-refractivity contribution in [3.8, 4) is 5.75 Å². The fraction of sp³-hybridized carbons (Fsp3) is 0.222. The fourth-order valence-corrected chi connectivity index (χ4v) is 3.98. The Hall–Kier alpha value is -2.45. The van der Waals surface area contributed by atoms with E-state index in [0.717, 1.165) is 22.7 Å². The molecule has 1 aromatic carbocycles. The number of ether oxygens (including phenoxy) is 1. The first-order valence-electron chi connectivity index (χ1n) is 8.02. The van der Waals surface area contributed by atoms with Gasteiger partial charge in [-0.25, -0.2) is 0 Å². The van der Waals surface area contributed by atoms with Crippen LogP contribution >= 0.6 is 23.1 Å². The number of aromatic nitrogens is 2. The second-order valence-electron chi connectivity index (χ2n) is 5.32. The summed E-state index contributed by atoms with van der Waals surface area (Å²) in [6.45, 7) is 6.14. The van der Waals surface area contributed by atoms with Crippen molar-refractivity contribution in [3.63, 3.8) is 0 Å². The number of hydrogen-bond acceptors (Lipinski definition) is 7. The zero-order valence-electron chi connectivity index (χ0n) is 14.5. The first-order valence-corrected chi connectivity index (χ1v) is 9.65. The molecule has 1 saturated heterocycles. The number of benzene rings is 1. The maximum absolute atomic E-state index is 12.8. The molecule has 134 valence electrons. The van der Waals surface area contributed by atoms with Gasteiger partial charge in [-0.2, -0.15) is 4.99 Å². The number of carbonyl (C=O) groups excluding carboxylic acids is 1. The standard InChI is InChI=1S/C18H18N4O2S2/c1-4-9-22-16(23)14(11-12-7-6-8-13(10-12)24-3)25-18(22)19-17-21-20-15(5-2)26-17/h4,6-8,10-11H,1,5,9H2,2-3H3/b14-11+,19-18?. The van der Waals surface area contributed by atoms with Crippen LogP contribution in [0.25, 0.3) is 6.08 Å². The highest BCUT2D eigenvalue weighted by molar-refractivity contribution is 8.18. The van der Waals surface area contributed by atoms with Gasteiger partial charge in [0.1, 0.15) is 10.8 Å². The first-order chi connectivity index (χ1) is 12.6. The monoisotopic (exact) mass is 386 g/mol. The van der Waals surface area contributed by atoms with E-state index >= 15 is 0 Å². The molecule has 1 aliphatic heterocycles. The van der Waals surface area contributed by atoms with Crippen LogP contribution < -0.4 is 4.74 Å². The predicted molar refractivity (Wildman–Crippen MR) is 107 cm³/mol. The Morgan fingerprint density at radius 2 is 2.23 bits per heavy atom. The lowest BCUT2D eigenvalue weighted by atomic mass is 10.2. The van der Waals surface area contributed by atoms with E-state index in [1.165, 1.54) is 23.1 Å². The highest BCUT2D eigenvalue weighted by Gasteiger charge is 2.32. The van der Waals surface area contributed by atoms with Gasteiger partial charge in [-0.05, 0) is 42.0 Å². The first kappa shape index (κ1) is 18.3. The summed E-state index contributed by atoms with van der Waals surface area (Å²) in [7, 11) is 1.62. The number of amidine groups is 1. The van der Waals surface area contributed by atoms with E-state index in [0.29, 0.717) is 21.7 Å². The molecule has 0 bridgehead atoms. The van der Waals surface area contributed by atoms with Crippen molar-refractivity contribution in [2.75, 3.05) is 13.7 Å². The Bertz CT molecular complexity index is 889. The third-order valence-electron chi connectivity index (χ3n) is 3.54. The third-order valence-corrected chi connectivity index (χ3v) is 5.51. The van der Waals surface area contributed by atoms with E-state index in [1.807, 2.05) is 37.3 Å². The average Bonchev–Trinajstić information content (AvgIpc) is 3.22. The van der Waals surface area contributed by atoms with Crippen molar-refractivity contribution < 1.29 is 9.53 Å². The minimum absolute atomic E-state index is 0.100. The largest absolute Gasteiger partial charge is 0.497 e. The highest BCUT2D eigenvalue weighted by Crippen LogP contribution is 2.35. The molecule has 0 spiro atoms. The lowest BCUT2D eigenvalue weighted by Crippen LogP contribution is -2.29. The molecule has 0 unspecified atom stereocenters. The van der Waals surface area contributed by atoms with Crippen molar-refractivity contribution >= 4 is 45.4 Å². The summed E-state index contributed by atoms with van der Waals surface area (Å²) in [6, 6.07) is 7.56. The summed E-state index contributed by atoms with van der Waals surface area (Å²) in [5, 5.41) is 10.2. The molecule has 0 saturated carbocycles. The molecule has 1 aliphatic rings. The number of thioether (sulfide) groups is 1. The summed E-state index contributed by atoms with van der Waals surface area (Å²) < 4.78 is 5.24. The molecule has 1 aromatic heterocycles. The summed E-state index contributed by atoms with van der Waals surface area (Å²) in [6.07, 6.45) is 4.33. The van der Waals surface area contributed by atoms with Crippen LogP contribution in [0.2, 0.25) is 0 Å². The molecule has 3 rings (SSSR count). The van der Waals surface area contributed by atoms with Crippen LogP contribution in [0.15, 0.2) is 46.8 Å². The number of amides is 1. The van der Waals surface area contributed by atoms with Crippen LogP contribution in [0.4, 0.5) is 5.13 Å². The third kappa shape index (κ3) is 4.03. The van der Waals surface area contributed by atoms with E-state index in [1.54, 1.807) is 18.1 Å². The number of carbonyl (C=O) groups is 1. The van der Waals surface area contributed by atoms with Crippen LogP contribution in [0.1, 0.15) is 17.5 Å². The van der Waals surface area contributed by atoms with Crippen LogP contribution in [0.5, 0.6) is 5.75 Å². The molecule has 0 aliphatic carbocycles. The maximum Gasteiger partial charge on any atom is 0.267 e. The van der Waals surface area contributed by atoms with Crippen LogP contribution in [-0.4, -0.2) is 39.8 Å². The fourth-order valence-electron chi connectivity index (χ4n) is 2.28. The van der Waals surface area contributed by atoms with E-state index < -0.39 is 0 Å². The van der Waals surface area contributed by atoms with Gasteiger partial charge in [-0.1, -0.05) is 36.5 Å². The maximum atomic E-state index is 12.8. The van der Waals surface area contributed by atoms with Crippen molar-refractivity contribution in [3.05, 3.63) is 52.4 Å². The van der Waals surface area contributed by atoms with Crippen molar-refractivity contribution in [1.29, 1.82) is 0 Å². The molecular formula is C18H18N4O2S2. The Morgan fingerprint density at radius 3 is 2.92 bits per heavy atom. The van der Waals surface area contributed by atoms with E-state index in [4.69, 9.17) is 4.74 Å². The zero-order chi connectivity index (χ0) is 18.5. The molecule has 0 N–H and O–H groups in total. The summed E-state index contributed by atoms with van der Waals surface area (Å²) >= 11 is 2.75. The Balaban J connectivity index is 1.92. The van der Waals surface area contributed by atoms with Gasteiger partial charge < -0.3 is 4.74 Å². The van der Waals surface area contributed by atoms with Gasteiger partial charge in [-0.3, -0.25) is 9.69 Å². The van der Waals surface area contributed by atoms with Gasteiger partial charge >= 0.3 is 0 Å². The molecular weight excluding hydrogens is 368 g/mol. The second kappa shape index (κ2) is 8.29. The zero-order valence-corrected chi connectivity index (χ0v) is 16.1. The Morgan fingerprint density at radius 1 is 1.38 bits per heavy atom. The quantitative estimate of drug-likeness (QED) is 0.556. The molecule has 1 fully saturated rings. The molecule has 0 atom stereocenters. The number of nitrogens with zero attached hydrogens (tertiary/aromatic N) is 4. The van der Waals surface area contributed by atoms with Gasteiger partial charge in [0.2, 0.25) is 5.13 Å². The molecule has 8 heteroatoms. The SMILES string of the molecule is C=CCN1C(=O)/C(=C\c2cccc(OC)c2)SC1=Nc1nnc(CC)s1. The summed E-state index contributed by atoms with van der Waals surface area (Å²) in [4.78, 5) is 19.5. The molecule has 6 nitrogen and oxygen atoms in total. The number of hydrogen-bond donors (Lipinski definition) is 0. The summed E-state index contributed by atoms with van der Waals surface area (Å²) in [5.74, 6) is 0.643. The molecule has 0 radical (unpaired) electrons. The minimum atomic E-state index is -0.100. The van der Waals surface area contributed by atoms with Gasteiger partial charge in [-0.15, -0.1) is 16.8 Å². The minimum Gasteiger partial charge on any atom is -0.497 e. The second-order valence-corrected chi connectivity index (χ2v) is 7.37. The van der Waals surface area contributed by atoms with E-state index in [-0.39, 0.29) is 5.91 Å². The Kier molecular flexibility index (Phi) is 5.85. The van der Waals surface area contributed by atoms with Crippen LogP contribution in [0, 0.1) is 0 Å². The number of aryl methyl sites for hydroxylation is 1. The van der Waals surface area contributed by atoms with E-state index in [9.17, 15) is 4.79 Å². The van der Waals surface area contributed by atoms with Crippen molar-refractivity contribution in [2.24, 2.45) is 4.99 Å². The molecule has 2 aromatic rings. The Labute approximate surface area is 160 Å². The lowest BCUT2D eigenvalue weighted by Gasteiger charge is -2.11. The van der Waals surface area contributed by atoms with Gasteiger partial charge in [0.15, 0.2) is 5.17 Å². The summed E-state index contributed by atoms with van der Waals surface area (Å²) in [5.41, 5.74) is 0.893. The topological polar surface area (TPSA) is 67.7 Å². The number of rotatable bonds is 6. The van der Waals surface area contributed by atoms with Crippen molar-refractivity contribution in [1.82, 2.24) is 15.1 Å². The van der Waals surface area contributed by atoms with Crippen LogP contribution in [0.3, 0.4) is 0 Å². The van der Waals surface area contributed by atoms with E-state index in [2.05, 4.69) is 21.8 Å². The molecule has 26 heavy (non-hydrogen) atoms. The van der Waals surface area contributed by atoms with Gasteiger partial charge in [0, 0.05) is 6.54 Å². The normalized spacial score (nSPS) is 17.3. The van der Waals surface area contributed by atoms with Crippen molar-refractivity contribution in [2.45, 2.75) is 13.3 Å². The highest BCUT2D eigenvalue weighted by atomic mass is 32.2. The molecule has 2 heterocycles.